The predicted octanol–water partition coefficient (Wildman–Crippen LogP) is 2.50. The van der Waals surface area contributed by atoms with Gasteiger partial charge in [-0.15, -0.1) is 0 Å². The molecule has 20 heavy (non-hydrogen) atoms. The Labute approximate surface area is 123 Å². The molecule has 1 saturated carbocycles. The molecule has 1 aromatic rings. The van der Waals surface area contributed by atoms with Crippen molar-refractivity contribution in [1.29, 1.82) is 0 Å². The highest BCUT2D eigenvalue weighted by atomic mass is 35.5. The third-order valence-corrected chi connectivity index (χ3v) is 4.48. The van der Waals surface area contributed by atoms with Gasteiger partial charge in [-0.1, -0.05) is 17.7 Å². The molecule has 1 aliphatic heterocycles. The van der Waals surface area contributed by atoms with E-state index in [1.54, 1.807) is 7.11 Å². The van der Waals surface area contributed by atoms with Crippen LogP contribution in [0.1, 0.15) is 37.3 Å². The Balaban J connectivity index is 2.07. The number of nitrogens with two attached hydrogens (primary N) is 1. The third-order valence-electron chi connectivity index (χ3n) is 4.15. The minimum atomic E-state index is -0.174. The van der Waals surface area contributed by atoms with Gasteiger partial charge in [0, 0.05) is 29.1 Å². The van der Waals surface area contributed by atoms with E-state index in [2.05, 4.69) is 0 Å². The zero-order valence-electron chi connectivity index (χ0n) is 11.5. The van der Waals surface area contributed by atoms with E-state index in [-0.39, 0.29) is 18.0 Å². The Bertz CT molecular complexity index is 531. The van der Waals surface area contributed by atoms with Crippen molar-refractivity contribution >= 4 is 17.5 Å². The molecule has 1 aromatic carbocycles. The maximum atomic E-state index is 12.3. The van der Waals surface area contributed by atoms with Gasteiger partial charge in [0.2, 0.25) is 5.91 Å². The molecule has 2 unspecified atom stereocenters. The highest BCUT2D eigenvalue weighted by Gasteiger charge is 2.44. The molecule has 2 aliphatic rings. The van der Waals surface area contributed by atoms with Crippen LogP contribution in [0.25, 0.3) is 0 Å². The maximum Gasteiger partial charge on any atom is 0.223 e. The zero-order chi connectivity index (χ0) is 14.3. The van der Waals surface area contributed by atoms with Crippen molar-refractivity contribution < 1.29 is 9.53 Å². The number of hydrogen-bond donors (Lipinski definition) is 1. The Morgan fingerprint density at radius 1 is 1.35 bits per heavy atom. The van der Waals surface area contributed by atoms with Crippen LogP contribution in [0.3, 0.4) is 0 Å². The van der Waals surface area contributed by atoms with Crippen molar-refractivity contribution in [2.24, 2.45) is 5.73 Å². The van der Waals surface area contributed by atoms with Gasteiger partial charge in [-0.25, -0.2) is 0 Å². The molecule has 0 bridgehead atoms. The average Bonchev–Trinajstić information content (AvgIpc) is 3.25. The van der Waals surface area contributed by atoms with Crippen molar-refractivity contribution in [2.75, 3.05) is 7.11 Å². The predicted molar refractivity (Wildman–Crippen MR) is 77.8 cm³/mol. The number of piperidine rings is 1. The maximum absolute atomic E-state index is 12.3. The SMILES string of the molecule is COc1cccc(Cl)c1C1C(N)CCC(=O)N1C1CC1. The molecule has 2 N–H and O–H groups in total. The number of amides is 1. The summed E-state index contributed by atoms with van der Waals surface area (Å²) in [6.45, 7) is 0. The topological polar surface area (TPSA) is 55.6 Å². The smallest absolute Gasteiger partial charge is 0.223 e. The number of ether oxygens (including phenoxy) is 1. The molecule has 1 heterocycles. The standard InChI is InChI=1S/C15H19ClN2O2/c1-20-12-4-2-3-10(16)14(12)15-11(17)7-8-13(19)18(15)9-5-6-9/h2-4,9,11,15H,5-8,17H2,1H3. The number of halogens is 1. The van der Waals surface area contributed by atoms with Gasteiger partial charge >= 0.3 is 0 Å². The van der Waals surface area contributed by atoms with Gasteiger partial charge in [-0.2, -0.15) is 0 Å². The fourth-order valence-corrected chi connectivity index (χ4v) is 3.34. The van der Waals surface area contributed by atoms with Crippen LogP contribution < -0.4 is 10.5 Å². The van der Waals surface area contributed by atoms with Gasteiger partial charge in [0.05, 0.1) is 13.2 Å². The minimum Gasteiger partial charge on any atom is -0.496 e. The third kappa shape index (κ3) is 2.27. The summed E-state index contributed by atoms with van der Waals surface area (Å²) in [6, 6.07) is 5.60. The van der Waals surface area contributed by atoms with Crippen LogP contribution in [0.5, 0.6) is 5.75 Å². The van der Waals surface area contributed by atoms with Crippen molar-refractivity contribution in [3.05, 3.63) is 28.8 Å². The van der Waals surface area contributed by atoms with E-state index in [1.165, 1.54) is 0 Å². The first-order valence-corrected chi connectivity index (χ1v) is 7.40. The molecule has 1 aliphatic carbocycles. The summed E-state index contributed by atoms with van der Waals surface area (Å²) >= 11 is 6.37. The van der Waals surface area contributed by atoms with Crippen LogP contribution in [0.4, 0.5) is 0 Å². The Kier molecular flexibility index (Phi) is 3.61. The van der Waals surface area contributed by atoms with Gasteiger partial charge in [0.25, 0.3) is 0 Å². The molecular weight excluding hydrogens is 276 g/mol. The Morgan fingerprint density at radius 3 is 2.75 bits per heavy atom. The first kappa shape index (κ1) is 13.7. The molecule has 0 aromatic heterocycles. The number of carbonyl (C=O) groups is 1. The molecule has 3 rings (SSSR count). The van der Waals surface area contributed by atoms with Crippen molar-refractivity contribution in [1.82, 2.24) is 4.90 Å². The Hall–Kier alpha value is -1.26. The summed E-state index contributed by atoms with van der Waals surface area (Å²) in [5, 5.41) is 0.616. The lowest BCUT2D eigenvalue weighted by Gasteiger charge is -2.41. The van der Waals surface area contributed by atoms with Crippen LogP contribution >= 0.6 is 11.6 Å². The summed E-state index contributed by atoms with van der Waals surface area (Å²) < 4.78 is 5.43. The monoisotopic (exact) mass is 294 g/mol. The lowest BCUT2D eigenvalue weighted by Crippen LogP contribution is -2.50. The van der Waals surface area contributed by atoms with E-state index in [9.17, 15) is 4.79 Å². The summed E-state index contributed by atoms with van der Waals surface area (Å²) in [5.41, 5.74) is 7.16. The van der Waals surface area contributed by atoms with Crippen molar-refractivity contribution in [2.45, 2.75) is 43.8 Å². The largest absolute Gasteiger partial charge is 0.496 e. The van der Waals surface area contributed by atoms with E-state index in [1.807, 2.05) is 23.1 Å². The molecule has 4 nitrogen and oxygen atoms in total. The summed E-state index contributed by atoms with van der Waals surface area (Å²) in [6.07, 6.45) is 3.34. The van der Waals surface area contributed by atoms with E-state index < -0.39 is 0 Å². The molecule has 5 heteroatoms. The number of hydrogen-bond acceptors (Lipinski definition) is 3. The number of nitrogens with zero attached hydrogens (tertiary/aromatic N) is 1. The molecule has 0 radical (unpaired) electrons. The van der Waals surface area contributed by atoms with E-state index in [0.29, 0.717) is 29.7 Å². The molecule has 108 valence electrons. The molecular formula is C15H19ClN2O2. The van der Waals surface area contributed by atoms with Crippen LogP contribution in [0.2, 0.25) is 5.02 Å². The van der Waals surface area contributed by atoms with Crippen LogP contribution in [0, 0.1) is 0 Å². The van der Waals surface area contributed by atoms with Gasteiger partial charge in [0.1, 0.15) is 5.75 Å². The quantitative estimate of drug-likeness (QED) is 0.932. The van der Waals surface area contributed by atoms with Gasteiger partial charge in [-0.3, -0.25) is 4.79 Å². The van der Waals surface area contributed by atoms with Gasteiger partial charge < -0.3 is 15.4 Å². The number of likely N-dealkylation sites (tertiary alicyclic amines) is 1. The first-order valence-electron chi connectivity index (χ1n) is 7.02. The van der Waals surface area contributed by atoms with Crippen LogP contribution in [0.15, 0.2) is 18.2 Å². The molecule has 0 spiro atoms. The highest BCUT2D eigenvalue weighted by Crippen LogP contribution is 2.44. The van der Waals surface area contributed by atoms with Gasteiger partial charge in [-0.05, 0) is 31.4 Å². The van der Waals surface area contributed by atoms with Crippen molar-refractivity contribution in [3.63, 3.8) is 0 Å². The van der Waals surface area contributed by atoms with Gasteiger partial charge in [0.15, 0.2) is 0 Å². The lowest BCUT2D eigenvalue weighted by atomic mass is 9.89. The summed E-state index contributed by atoms with van der Waals surface area (Å²) in [7, 11) is 1.62. The van der Waals surface area contributed by atoms with Crippen LogP contribution in [-0.2, 0) is 4.79 Å². The van der Waals surface area contributed by atoms with Crippen molar-refractivity contribution in [3.8, 4) is 5.75 Å². The van der Waals surface area contributed by atoms with Crippen LogP contribution in [-0.4, -0.2) is 30.0 Å². The number of benzene rings is 1. The normalized spacial score (nSPS) is 26.8. The second-order valence-electron chi connectivity index (χ2n) is 5.54. The average molecular weight is 295 g/mol. The first-order chi connectivity index (χ1) is 9.63. The molecule has 1 saturated heterocycles. The number of carbonyl (C=O) groups excluding carboxylic acids is 1. The highest BCUT2D eigenvalue weighted by molar-refractivity contribution is 6.31. The molecule has 2 atom stereocenters. The second-order valence-corrected chi connectivity index (χ2v) is 5.94. The Morgan fingerprint density at radius 2 is 2.10 bits per heavy atom. The summed E-state index contributed by atoms with van der Waals surface area (Å²) in [5.74, 6) is 0.888. The number of rotatable bonds is 3. The minimum absolute atomic E-state index is 0.0953. The van der Waals surface area contributed by atoms with E-state index >= 15 is 0 Å². The fraction of sp³-hybridized carbons (Fsp3) is 0.533. The second kappa shape index (κ2) is 5.26. The molecule has 1 amide bonds. The summed E-state index contributed by atoms with van der Waals surface area (Å²) in [4.78, 5) is 14.2. The van der Waals surface area contributed by atoms with E-state index in [4.69, 9.17) is 22.1 Å². The number of methoxy groups -OCH3 is 1. The lowest BCUT2D eigenvalue weighted by molar-refractivity contribution is -0.138. The zero-order valence-corrected chi connectivity index (χ0v) is 12.3. The van der Waals surface area contributed by atoms with E-state index in [0.717, 1.165) is 18.4 Å². The fourth-order valence-electron chi connectivity index (χ4n) is 3.06. The molecule has 2 fully saturated rings.